The van der Waals surface area contributed by atoms with Crippen molar-refractivity contribution in [3.8, 4) is 5.75 Å². The molecule has 4 heteroatoms. The molecule has 16 heavy (non-hydrogen) atoms. The molecule has 2 nitrogen and oxygen atoms in total. The molecule has 0 aromatic heterocycles. The number of halogens is 1. The van der Waals surface area contributed by atoms with Gasteiger partial charge in [0.2, 0.25) is 0 Å². The van der Waals surface area contributed by atoms with Crippen molar-refractivity contribution < 1.29 is 9.13 Å². The van der Waals surface area contributed by atoms with E-state index in [1.54, 1.807) is 30.0 Å². The fourth-order valence-corrected chi connectivity index (χ4v) is 1.63. The van der Waals surface area contributed by atoms with Crippen molar-refractivity contribution in [1.29, 1.82) is 0 Å². The lowest BCUT2D eigenvalue weighted by molar-refractivity contribution is 0.383. The van der Waals surface area contributed by atoms with Crippen LogP contribution in [-0.4, -0.2) is 25.2 Å². The van der Waals surface area contributed by atoms with Gasteiger partial charge in [-0.25, -0.2) is 4.39 Å². The van der Waals surface area contributed by atoms with Crippen molar-refractivity contribution in [3.63, 3.8) is 0 Å². The Morgan fingerprint density at radius 3 is 2.88 bits per heavy atom. The number of rotatable bonds is 6. The van der Waals surface area contributed by atoms with Crippen LogP contribution in [-0.2, 0) is 6.54 Å². The lowest BCUT2D eigenvalue weighted by atomic mass is 10.2. The lowest BCUT2D eigenvalue weighted by Gasteiger charge is -2.11. The van der Waals surface area contributed by atoms with Crippen LogP contribution < -0.4 is 10.1 Å². The van der Waals surface area contributed by atoms with Gasteiger partial charge in [-0.3, -0.25) is 0 Å². The van der Waals surface area contributed by atoms with E-state index >= 15 is 0 Å². The standard InChI is InChI=1S/C12H18FNOS/c1-9(16-3)7-14-8-10-5-4-6-11(15-2)12(10)13/h4-6,9,14H,7-8H2,1-3H3. The molecule has 1 aromatic carbocycles. The van der Waals surface area contributed by atoms with E-state index < -0.39 is 0 Å². The van der Waals surface area contributed by atoms with Crippen molar-refractivity contribution in [2.24, 2.45) is 0 Å². The van der Waals surface area contributed by atoms with Crippen molar-refractivity contribution in [2.75, 3.05) is 19.9 Å². The fourth-order valence-electron chi connectivity index (χ4n) is 1.34. The fraction of sp³-hybridized carbons (Fsp3) is 0.500. The maximum atomic E-state index is 13.7. The van der Waals surface area contributed by atoms with E-state index in [0.717, 1.165) is 6.54 Å². The molecule has 0 aliphatic heterocycles. The van der Waals surface area contributed by atoms with Crippen molar-refractivity contribution >= 4 is 11.8 Å². The van der Waals surface area contributed by atoms with Crippen LogP contribution in [0.1, 0.15) is 12.5 Å². The lowest BCUT2D eigenvalue weighted by Crippen LogP contribution is -2.22. The molecule has 0 bridgehead atoms. The third-order valence-electron chi connectivity index (χ3n) is 2.41. The monoisotopic (exact) mass is 243 g/mol. The Hall–Kier alpha value is -0.740. The van der Waals surface area contributed by atoms with Crippen molar-refractivity contribution in [3.05, 3.63) is 29.6 Å². The molecule has 1 atom stereocenters. The second-order valence-corrected chi connectivity index (χ2v) is 4.89. The highest BCUT2D eigenvalue weighted by Gasteiger charge is 2.07. The zero-order valence-electron chi connectivity index (χ0n) is 9.92. The SMILES string of the molecule is COc1cccc(CNCC(C)SC)c1F. The largest absolute Gasteiger partial charge is 0.494 e. The average molecular weight is 243 g/mol. The Bertz CT molecular complexity index is 333. The second-order valence-electron chi connectivity index (χ2n) is 3.61. The van der Waals surface area contributed by atoms with E-state index in [0.29, 0.717) is 23.1 Å². The Morgan fingerprint density at radius 1 is 1.50 bits per heavy atom. The van der Waals surface area contributed by atoms with Gasteiger partial charge in [-0.1, -0.05) is 19.1 Å². The van der Waals surface area contributed by atoms with Gasteiger partial charge >= 0.3 is 0 Å². The van der Waals surface area contributed by atoms with Crippen LogP contribution in [0.2, 0.25) is 0 Å². The van der Waals surface area contributed by atoms with Gasteiger partial charge in [0.25, 0.3) is 0 Å². The molecular formula is C12H18FNOS. The van der Waals surface area contributed by atoms with Crippen molar-refractivity contribution in [2.45, 2.75) is 18.7 Å². The predicted octanol–water partition coefficient (Wildman–Crippen LogP) is 2.68. The molecule has 1 rings (SSSR count). The minimum atomic E-state index is -0.269. The predicted molar refractivity (Wildman–Crippen MR) is 67.6 cm³/mol. The van der Waals surface area contributed by atoms with Crippen LogP contribution >= 0.6 is 11.8 Å². The van der Waals surface area contributed by atoms with Crippen molar-refractivity contribution in [1.82, 2.24) is 5.32 Å². The van der Waals surface area contributed by atoms with Crippen LogP contribution in [0.4, 0.5) is 4.39 Å². The van der Waals surface area contributed by atoms with Crippen LogP contribution in [0.3, 0.4) is 0 Å². The van der Waals surface area contributed by atoms with Gasteiger partial charge in [0.1, 0.15) is 0 Å². The smallest absolute Gasteiger partial charge is 0.169 e. The maximum absolute atomic E-state index is 13.7. The van der Waals surface area contributed by atoms with Crippen LogP contribution in [0.25, 0.3) is 0 Å². The second kappa shape index (κ2) is 6.76. The highest BCUT2D eigenvalue weighted by atomic mass is 32.2. The number of thioether (sulfide) groups is 1. The molecule has 0 saturated carbocycles. The zero-order chi connectivity index (χ0) is 12.0. The summed E-state index contributed by atoms with van der Waals surface area (Å²) in [7, 11) is 1.48. The average Bonchev–Trinajstić information content (AvgIpc) is 2.31. The quantitative estimate of drug-likeness (QED) is 0.830. The number of hydrogen-bond acceptors (Lipinski definition) is 3. The number of hydrogen-bond donors (Lipinski definition) is 1. The van der Waals surface area contributed by atoms with E-state index in [-0.39, 0.29) is 5.82 Å². The van der Waals surface area contributed by atoms with E-state index in [1.807, 2.05) is 0 Å². The summed E-state index contributed by atoms with van der Waals surface area (Å²) < 4.78 is 18.6. The van der Waals surface area contributed by atoms with Gasteiger partial charge < -0.3 is 10.1 Å². The molecule has 1 N–H and O–H groups in total. The van der Waals surface area contributed by atoms with Gasteiger partial charge in [-0.2, -0.15) is 11.8 Å². The topological polar surface area (TPSA) is 21.3 Å². The summed E-state index contributed by atoms with van der Waals surface area (Å²) in [5.41, 5.74) is 0.646. The molecule has 0 heterocycles. The summed E-state index contributed by atoms with van der Waals surface area (Å²) in [6.07, 6.45) is 2.07. The minimum absolute atomic E-state index is 0.269. The van der Waals surface area contributed by atoms with E-state index in [4.69, 9.17) is 4.74 Å². The molecule has 0 aliphatic rings. The Morgan fingerprint density at radius 2 is 2.25 bits per heavy atom. The van der Waals surface area contributed by atoms with Crippen LogP contribution in [0, 0.1) is 5.82 Å². The Balaban J connectivity index is 2.54. The molecule has 1 unspecified atom stereocenters. The zero-order valence-corrected chi connectivity index (χ0v) is 10.7. The molecule has 0 saturated heterocycles. The summed E-state index contributed by atoms with van der Waals surface area (Å²) in [6.45, 7) is 3.55. The number of ether oxygens (including phenoxy) is 1. The molecule has 90 valence electrons. The van der Waals surface area contributed by atoms with Gasteiger partial charge in [0, 0.05) is 23.9 Å². The molecule has 0 fully saturated rings. The molecular weight excluding hydrogens is 225 g/mol. The maximum Gasteiger partial charge on any atom is 0.169 e. The third-order valence-corrected chi connectivity index (χ3v) is 3.38. The summed E-state index contributed by atoms with van der Waals surface area (Å²) in [4.78, 5) is 0. The van der Waals surface area contributed by atoms with Crippen LogP contribution in [0.5, 0.6) is 5.75 Å². The molecule has 0 amide bonds. The highest BCUT2D eigenvalue weighted by molar-refractivity contribution is 7.99. The van der Waals surface area contributed by atoms with Gasteiger partial charge in [-0.05, 0) is 12.3 Å². The molecule has 0 radical (unpaired) electrons. The first-order valence-electron chi connectivity index (χ1n) is 5.24. The van der Waals surface area contributed by atoms with Gasteiger partial charge in [-0.15, -0.1) is 0 Å². The number of nitrogens with one attached hydrogen (secondary N) is 1. The summed E-state index contributed by atoms with van der Waals surface area (Å²) in [5, 5.41) is 3.76. The minimum Gasteiger partial charge on any atom is -0.494 e. The highest BCUT2D eigenvalue weighted by Crippen LogP contribution is 2.19. The number of methoxy groups -OCH3 is 1. The van der Waals surface area contributed by atoms with E-state index in [1.165, 1.54) is 7.11 Å². The Labute approximate surface area is 101 Å². The first kappa shape index (κ1) is 13.3. The summed E-state index contributed by atoms with van der Waals surface area (Å²) in [5.74, 6) is 0.0338. The first-order valence-corrected chi connectivity index (χ1v) is 6.52. The Kier molecular flexibility index (Phi) is 5.63. The molecule has 1 aromatic rings. The molecule has 0 aliphatic carbocycles. The molecule has 0 spiro atoms. The van der Waals surface area contributed by atoms with E-state index in [9.17, 15) is 4.39 Å². The van der Waals surface area contributed by atoms with Gasteiger partial charge in [0.15, 0.2) is 11.6 Å². The van der Waals surface area contributed by atoms with Gasteiger partial charge in [0.05, 0.1) is 7.11 Å². The third kappa shape index (κ3) is 3.68. The summed E-state index contributed by atoms with van der Waals surface area (Å²) >= 11 is 1.79. The first-order chi connectivity index (χ1) is 7.69. The van der Waals surface area contributed by atoms with Crippen LogP contribution in [0.15, 0.2) is 18.2 Å². The normalized spacial score (nSPS) is 12.5. The summed E-state index contributed by atoms with van der Waals surface area (Å²) in [6, 6.07) is 5.20. The number of benzene rings is 1. The van der Waals surface area contributed by atoms with E-state index in [2.05, 4.69) is 18.5 Å².